The van der Waals surface area contributed by atoms with Gasteiger partial charge in [-0.2, -0.15) is 0 Å². The average molecular weight is 877 g/mol. The Balaban J connectivity index is 4.20. The number of unbranched alkanes of at least 4 members (excludes halogenated alkanes) is 34. The van der Waals surface area contributed by atoms with Gasteiger partial charge in [0.1, 0.15) is 13.2 Å². The highest BCUT2D eigenvalue weighted by Crippen LogP contribution is 2.18. The molecule has 0 saturated carbocycles. The fourth-order valence-electron chi connectivity index (χ4n) is 8.49. The zero-order valence-corrected chi connectivity index (χ0v) is 42.5. The molecule has 0 aromatic heterocycles. The van der Waals surface area contributed by atoms with Gasteiger partial charge in [0.15, 0.2) is 6.10 Å². The number of hydrogen-bond donors (Lipinski definition) is 0. The highest BCUT2D eigenvalue weighted by molar-refractivity contribution is 5.71. The molecule has 0 aliphatic carbocycles. The molecule has 0 radical (unpaired) electrons. The molecule has 0 amide bonds. The van der Waals surface area contributed by atoms with Crippen LogP contribution in [-0.2, 0) is 28.6 Å². The van der Waals surface area contributed by atoms with E-state index in [9.17, 15) is 14.4 Å². The van der Waals surface area contributed by atoms with Crippen molar-refractivity contribution in [3.8, 4) is 0 Å². The van der Waals surface area contributed by atoms with Crippen molar-refractivity contribution in [2.24, 2.45) is 11.8 Å². The van der Waals surface area contributed by atoms with Gasteiger partial charge in [0.2, 0.25) is 0 Å². The third-order valence-corrected chi connectivity index (χ3v) is 13.1. The first-order valence-electron chi connectivity index (χ1n) is 27.8. The van der Waals surface area contributed by atoms with Crippen molar-refractivity contribution in [2.75, 3.05) is 13.2 Å². The maximum Gasteiger partial charge on any atom is 0.306 e. The van der Waals surface area contributed by atoms with Crippen LogP contribution in [0.25, 0.3) is 0 Å². The molecule has 6 nitrogen and oxygen atoms in total. The molecule has 0 spiro atoms. The molecular formula is C56H108O6. The Kier molecular flexibility index (Phi) is 47.6. The van der Waals surface area contributed by atoms with Crippen LogP contribution >= 0.6 is 0 Å². The smallest absolute Gasteiger partial charge is 0.306 e. The molecule has 62 heavy (non-hydrogen) atoms. The number of esters is 3. The predicted octanol–water partition coefficient (Wildman–Crippen LogP) is 18.1. The highest BCUT2D eigenvalue weighted by Gasteiger charge is 2.19. The fourth-order valence-corrected chi connectivity index (χ4v) is 8.49. The van der Waals surface area contributed by atoms with E-state index in [4.69, 9.17) is 14.2 Å². The summed E-state index contributed by atoms with van der Waals surface area (Å²) >= 11 is 0. The van der Waals surface area contributed by atoms with E-state index in [1.54, 1.807) is 0 Å². The molecule has 0 aliphatic rings. The van der Waals surface area contributed by atoms with E-state index >= 15 is 0 Å². The Morgan fingerprint density at radius 1 is 0.339 bits per heavy atom. The van der Waals surface area contributed by atoms with Crippen LogP contribution < -0.4 is 0 Å². The molecule has 0 rings (SSSR count). The second kappa shape index (κ2) is 48.9. The van der Waals surface area contributed by atoms with Gasteiger partial charge in [0.05, 0.1) is 0 Å². The van der Waals surface area contributed by atoms with Crippen LogP contribution in [0.4, 0.5) is 0 Å². The molecule has 6 heteroatoms. The lowest BCUT2D eigenvalue weighted by atomic mass is 10.00. The van der Waals surface area contributed by atoms with E-state index in [2.05, 4.69) is 34.6 Å². The lowest BCUT2D eigenvalue weighted by Gasteiger charge is -2.18. The van der Waals surface area contributed by atoms with Crippen molar-refractivity contribution in [3.63, 3.8) is 0 Å². The monoisotopic (exact) mass is 877 g/mol. The standard InChI is InChI=1S/C56H108O6/c1-6-8-9-10-11-12-13-20-25-28-31-38-43-48-56(59)62-53(50-61-55(58)47-42-37-33-32-35-40-45-52(5)7-2)49-60-54(57)46-41-36-30-27-24-22-19-17-15-14-16-18-21-23-26-29-34-39-44-51(3)4/h51-53H,6-50H2,1-5H3/t52?,53-/m1/s1. The van der Waals surface area contributed by atoms with Crippen LogP contribution in [0.2, 0.25) is 0 Å². The Morgan fingerprint density at radius 3 is 0.919 bits per heavy atom. The minimum Gasteiger partial charge on any atom is -0.462 e. The second-order valence-corrected chi connectivity index (χ2v) is 19.9. The molecule has 0 aromatic carbocycles. The zero-order valence-electron chi connectivity index (χ0n) is 42.5. The van der Waals surface area contributed by atoms with Gasteiger partial charge in [-0.25, -0.2) is 0 Å². The summed E-state index contributed by atoms with van der Waals surface area (Å²) in [6.45, 7) is 11.4. The molecule has 0 aliphatic heterocycles. The van der Waals surface area contributed by atoms with E-state index in [1.807, 2.05) is 0 Å². The quantitative estimate of drug-likeness (QED) is 0.0344. The summed E-state index contributed by atoms with van der Waals surface area (Å²) in [5, 5.41) is 0. The Labute approximate surface area is 387 Å². The third-order valence-electron chi connectivity index (χ3n) is 13.1. The van der Waals surface area contributed by atoms with Gasteiger partial charge in [-0.15, -0.1) is 0 Å². The van der Waals surface area contributed by atoms with Crippen molar-refractivity contribution >= 4 is 17.9 Å². The van der Waals surface area contributed by atoms with Crippen LogP contribution in [0.5, 0.6) is 0 Å². The van der Waals surface area contributed by atoms with Crippen LogP contribution in [0.1, 0.15) is 311 Å². The molecule has 0 bridgehead atoms. The molecule has 368 valence electrons. The summed E-state index contributed by atoms with van der Waals surface area (Å²) in [5.41, 5.74) is 0. The zero-order chi connectivity index (χ0) is 45.4. The van der Waals surface area contributed by atoms with Crippen molar-refractivity contribution in [3.05, 3.63) is 0 Å². The van der Waals surface area contributed by atoms with Crippen molar-refractivity contribution in [1.82, 2.24) is 0 Å². The molecular weight excluding hydrogens is 769 g/mol. The maximum absolute atomic E-state index is 12.8. The lowest BCUT2D eigenvalue weighted by Crippen LogP contribution is -2.30. The Hall–Kier alpha value is -1.59. The Morgan fingerprint density at radius 2 is 0.613 bits per heavy atom. The third kappa shape index (κ3) is 47.9. The van der Waals surface area contributed by atoms with Crippen molar-refractivity contribution in [2.45, 2.75) is 317 Å². The number of hydrogen-bond acceptors (Lipinski definition) is 6. The van der Waals surface area contributed by atoms with Crippen molar-refractivity contribution in [1.29, 1.82) is 0 Å². The van der Waals surface area contributed by atoms with E-state index < -0.39 is 6.10 Å². The first-order valence-corrected chi connectivity index (χ1v) is 27.8. The van der Waals surface area contributed by atoms with Gasteiger partial charge in [-0.05, 0) is 31.1 Å². The first-order chi connectivity index (χ1) is 30.3. The van der Waals surface area contributed by atoms with E-state index in [0.29, 0.717) is 19.3 Å². The van der Waals surface area contributed by atoms with Gasteiger partial charge in [0.25, 0.3) is 0 Å². The molecule has 0 saturated heterocycles. The summed E-state index contributed by atoms with van der Waals surface area (Å²) in [6.07, 6.45) is 51.0. The first kappa shape index (κ1) is 60.4. The topological polar surface area (TPSA) is 78.9 Å². The summed E-state index contributed by atoms with van der Waals surface area (Å²) < 4.78 is 16.8. The van der Waals surface area contributed by atoms with Crippen molar-refractivity contribution < 1.29 is 28.6 Å². The normalized spacial score (nSPS) is 12.5. The lowest BCUT2D eigenvalue weighted by molar-refractivity contribution is -0.167. The number of rotatable bonds is 50. The summed E-state index contributed by atoms with van der Waals surface area (Å²) in [7, 11) is 0. The van der Waals surface area contributed by atoms with Gasteiger partial charge in [-0.3, -0.25) is 14.4 Å². The average Bonchev–Trinajstić information content (AvgIpc) is 3.26. The molecule has 0 fully saturated rings. The number of carbonyl (C=O) groups is 3. The van der Waals surface area contributed by atoms with E-state index in [1.165, 1.54) is 199 Å². The van der Waals surface area contributed by atoms with Crippen LogP contribution in [0, 0.1) is 11.8 Å². The molecule has 0 aromatic rings. The summed E-state index contributed by atoms with van der Waals surface area (Å²) in [4.78, 5) is 38.0. The van der Waals surface area contributed by atoms with Crippen LogP contribution in [0.3, 0.4) is 0 Å². The predicted molar refractivity (Wildman–Crippen MR) is 266 cm³/mol. The molecule has 1 unspecified atom stereocenters. The summed E-state index contributed by atoms with van der Waals surface area (Å²) in [6, 6.07) is 0. The molecule has 0 N–H and O–H groups in total. The minimum absolute atomic E-state index is 0.0637. The minimum atomic E-state index is -0.762. The molecule has 2 atom stereocenters. The fraction of sp³-hybridized carbons (Fsp3) is 0.946. The van der Waals surface area contributed by atoms with Gasteiger partial charge < -0.3 is 14.2 Å². The Bertz CT molecular complexity index is 949. The van der Waals surface area contributed by atoms with Gasteiger partial charge in [-0.1, -0.05) is 272 Å². The largest absolute Gasteiger partial charge is 0.462 e. The van der Waals surface area contributed by atoms with E-state index in [0.717, 1.165) is 69.6 Å². The van der Waals surface area contributed by atoms with E-state index in [-0.39, 0.29) is 31.1 Å². The van der Waals surface area contributed by atoms with Crippen LogP contribution in [-0.4, -0.2) is 37.2 Å². The highest BCUT2D eigenvalue weighted by atomic mass is 16.6. The number of ether oxygens (including phenoxy) is 3. The number of carbonyl (C=O) groups excluding carboxylic acids is 3. The van der Waals surface area contributed by atoms with Gasteiger partial charge in [0, 0.05) is 19.3 Å². The summed E-state index contributed by atoms with van der Waals surface area (Å²) in [5.74, 6) is 0.827. The second-order valence-electron chi connectivity index (χ2n) is 19.9. The maximum atomic E-state index is 12.8. The van der Waals surface area contributed by atoms with Gasteiger partial charge >= 0.3 is 17.9 Å². The van der Waals surface area contributed by atoms with Crippen LogP contribution in [0.15, 0.2) is 0 Å². The molecule has 0 heterocycles. The SMILES string of the molecule is CCCCCCCCCCCCCCCC(=O)O[C@H](COC(=O)CCCCCCCCCCCCCCCCCCCCC(C)C)COC(=O)CCCCCCCCC(C)CC.